The summed E-state index contributed by atoms with van der Waals surface area (Å²) in [5.74, 6) is 0.292. The quantitative estimate of drug-likeness (QED) is 0.908. The van der Waals surface area contributed by atoms with Crippen molar-refractivity contribution >= 4 is 11.6 Å². The van der Waals surface area contributed by atoms with Crippen LogP contribution >= 0.6 is 0 Å². The maximum Gasteiger partial charge on any atom is 0.237 e. The van der Waals surface area contributed by atoms with Crippen molar-refractivity contribution in [2.45, 2.75) is 32.8 Å². The molecule has 1 saturated heterocycles. The molecule has 0 saturated carbocycles. The summed E-state index contributed by atoms with van der Waals surface area (Å²) in [5.41, 5.74) is 1.59. The number of aryl methyl sites for hydroxylation is 1. The van der Waals surface area contributed by atoms with Crippen LogP contribution in [0.25, 0.3) is 0 Å². The predicted molar refractivity (Wildman–Crippen MR) is 72.3 cm³/mol. The lowest BCUT2D eigenvalue weighted by atomic mass is 9.94. The minimum atomic E-state index is -0.112. The van der Waals surface area contributed by atoms with Crippen LogP contribution in [-0.4, -0.2) is 30.7 Å². The smallest absolute Gasteiger partial charge is 0.237 e. The third-order valence-corrected chi connectivity index (χ3v) is 3.38. The molecule has 2 atom stereocenters. The van der Waals surface area contributed by atoms with Gasteiger partial charge < -0.3 is 14.8 Å². The Kier molecular flexibility index (Phi) is 4.37. The normalized spacial score (nSPS) is 22.9. The zero-order chi connectivity index (χ0) is 13.8. The minimum Gasteiger partial charge on any atom is -0.480 e. The van der Waals surface area contributed by atoms with Crippen molar-refractivity contribution in [2.24, 2.45) is 5.92 Å². The summed E-state index contributed by atoms with van der Waals surface area (Å²) in [4.78, 5) is 16.4. The van der Waals surface area contributed by atoms with Crippen LogP contribution in [0.4, 0.5) is 5.69 Å². The van der Waals surface area contributed by atoms with Crippen molar-refractivity contribution in [1.29, 1.82) is 0 Å². The fraction of sp³-hybridized carbons (Fsp3) is 0.571. The van der Waals surface area contributed by atoms with E-state index in [2.05, 4.69) is 10.3 Å². The third kappa shape index (κ3) is 3.23. The highest BCUT2D eigenvalue weighted by Gasteiger charge is 2.29. The standard InChI is InChI=1S/C14H20N2O3/c1-9-7-12(14(18-3)15-8-9)16-13(17)11-5-4-6-19-10(11)2/h7-8,10-11H,4-6H2,1-3H3,(H,16,17)/t10-,11-/m0/s1. The van der Waals surface area contributed by atoms with E-state index in [1.807, 2.05) is 19.9 Å². The summed E-state index contributed by atoms with van der Waals surface area (Å²) < 4.78 is 10.7. The van der Waals surface area contributed by atoms with Gasteiger partial charge in [-0.1, -0.05) is 0 Å². The van der Waals surface area contributed by atoms with E-state index in [0.717, 1.165) is 25.0 Å². The second kappa shape index (κ2) is 6.02. The van der Waals surface area contributed by atoms with Gasteiger partial charge in [0, 0.05) is 12.8 Å². The molecule has 0 unspecified atom stereocenters. The molecule has 0 aromatic carbocycles. The van der Waals surface area contributed by atoms with Crippen LogP contribution in [0.15, 0.2) is 12.3 Å². The van der Waals surface area contributed by atoms with E-state index in [1.165, 1.54) is 0 Å². The SMILES string of the molecule is COc1ncc(C)cc1NC(=O)[C@H]1CCCO[C@H]1C. The summed E-state index contributed by atoms with van der Waals surface area (Å²) in [5, 5.41) is 2.90. The van der Waals surface area contributed by atoms with Crippen molar-refractivity contribution in [1.82, 2.24) is 4.98 Å². The van der Waals surface area contributed by atoms with Gasteiger partial charge in [0.05, 0.1) is 19.1 Å². The molecule has 1 fully saturated rings. The monoisotopic (exact) mass is 264 g/mol. The third-order valence-electron chi connectivity index (χ3n) is 3.38. The molecule has 1 aromatic heterocycles. The maximum atomic E-state index is 12.3. The first-order chi connectivity index (χ1) is 9.11. The Balaban J connectivity index is 2.11. The van der Waals surface area contributed by atoms with Crippen LogP contribution in [-0.2, 0) is 9.53 Å². The lowest BCUT2D eigenvalue weighted by Crippen LogP contribution is -2.36. The van der Waals surface area contributed by atoms with Gasteiger partial charge >= 0.3 is 0 Å². The topological polar surface area (TPSA) is 60.5 Å². The number of nitrogens with one attached hydrogen (secondary N) is 1. The van der Waals surface area contributed by atoms with Crippen LogP contribution in [0.5, 0.6) is 5.88 Å². The van der Waals surface area contributed by atoms with Crippen molar-refractivity contribution in [2.75, 3.05) is 19.0 Å². The molecule has 1 aliphatic rings. The molecular weight excluding hydrogens is 244 g/mol. The number of hydrogen-bond acceptors (Lipinski definition) is 4. The summed E-state index contributed by atoms with van der Waals surface area (Å²) in [6, 6.07) is 1.86. The molecule has 2 heterocycles. The molecule has 1 aromatic rings. The Labute approximate surface area is 113 Å². The van der Waals surface area contributed by atoms with Crippen molar-refractivity contribution in [3.8, 4) is 5.88 Å². The second-order valence-electron chi connectivity index (χ2n) is 4.88. The maximum absolute atomic E-state index is 12.3. The highest BCUT2D eigenvalue weighted by molar-refractivity contribution is 5.94. The summed E-state index contributed by atoms with van der Waals surface area (Å²) in [6.45, 7) is 4.60. The first-order valence-electron chi connectivity index (χ1n) is 6.55. The molecule has 5 nitrogen and oxygen atoms in total. The number of aromatic nitrogens is 1. The van der Waals surface area contributed by atoms with E-state index < -0.39 is 0 Å². The zero-order valence-corrected chi connectivity index (χ0v) is 11.6. The number of hydrogen-bond donors (Lipinski definition) is 1. The fourth-order valence-electron chi connectivity index (χ4n) is 2.30. The van der Waals surface area contributed by atoms with Crippen LogP contribution in [0.1, 0.15) is 25.3 Å². The lowest BCUT2D eigenvalue weighted by Gasteiger charge is -2.28. The first-order valence-corrected chi connectivity index (χ1v) is 6.55. The van der Waals surface area contributed by atoms with Crippen LogP contribution in [0.2, 0.25) is 0 Å². The summed E-state index contributed by atoms with van der Waals surface area (Å²) in [6.07, 6.45) is 3.44. The molecule has 104 valence electrons. The average Bonchev–Trinajstić information content (AvgIpc) is 2.39. The van der Waals surface area contributed by atoms with Gasteiger partial charge in [-0.2, -0.15) is 0 Å². The molecule has 1 N–H and O–H groups in total. The van der Waals surface area contributed by atoms with E-state index in [1.54, 1.807) is 13.3 Å². The molecule has 1 aliphatic heterocycles. The number of anilines is 1. The summed E-state index contributed by atoms with van der Waals surface area (Å²) >= 11 is 0. The molecule has 0 aliphatic carbocycles. The zero-order valence-electron chi connectivity index (χ0n) is 11.6. The van der Waals surface area contributed by atoms with Gasteiger partial charge in [-0.25, -0.2) is 4.98 Å². The van der Waals surface area contributed by atoms with E-state index in [-0.39, 0.29) is 17.9 Å². The van der Waals surface area contributed by atoms with Gasteiger partial charge in [0.1, 0.15) is 5.69 Å². The largest absolute Gasteiger partial charge is 0.480 e. The molecule has 0 bridgehead atoms. The average molecular weight is 264 g/mol. The number of nitrogens with zero attached hydrogens (tertiary/aromatic N) is 1. The van der Waals surface area contributed by atoms with Crippen LogP contribution in [0.3, 0.4) is 0 Å². The Hall–Kier alpha value is -1.62. The van der Waals surface area contributed by atoms with Crippen molar-refractivity contribution in [3.05, 3.63) is 17.8 Å². The molecule has 0 spiro atoms. The Morgan fingerprint density at radius 1 is 1.58 bits per heavy atom. The molecule has 5 heteroatoms. The van der Waals surface area contributed by atoms with Gasteiger partial charge in [0.15, 0.2) is 0 Å². The van der Waals surface area contributed by atoms with Crippen LogP contribution in [0, 0.1) is 12.8 Å². The molecule has 2 rings (SSSR count). The number of carbonyl (C=O) groups excluding carboxylic acids is 1. The van der Waals surface area contributed by atoms with Gasteiger partial charge in [-0.15, -0.1) is 0 Å². The van der Waals surface area contributed by atoms with E-state index >= 15 is 0 Å². The van der Waals surface area contributed by atoms with E-state index in [4.69, 9.17) is 9.47 Å². The number of pyridine rings is 1. The van der Waals surface area contributed by atoms with Gasteiger partial charge in [-0.05, 0) is 38.3 Å². The lowest BCUT2D eigenvalue weighted by molar-refractivity contribution is -0.127. The van der Waals surface area contributed by atoms with E-state index in [0.29, 0.717) is 11.6 Å². The first kappa shape index (κ1) is 13.8. The van der Waals surface area contributed by atoms with Gasteiger partial charge in [0.2, 0.25) is 11.8 Å². The van der Waals surface area contributed by atoms with Crippen molar-refractivity contribution < 1.29 is 14.3 Å². The van der Waals surface area contributed by atoms with Crippen LogP contribution < -0.4 is 10.1 Å². The Morgan fingerprint density at radius 3 is 3.05 bits per heavy atom. The predicted octanol–water partition coefficient (Wildman–Crippen LogP) is 2.15. The second-order valence-corrected chi connectivity index (χ2v) is 4.88. The number of ether oxygens (including phenoxy) is 2. The molecule has 1 amide bonds. The highest BCUT2D eigenvalue weighted by atomic mass is 16.5. The Bertz CT molecular complexity index is 462. The van der Waals surface area contributed by atoms with Gasteiger partial charge in [-0.3, -0.25) is 4.79 Å². The van der Waals surface area contributed by atoms with Gasteiger partial charge in [0.25, 0.3) is 0 Å². The number of methoxy groups -OCH3 is 1. The Morgan fingerprint density at radius 2 is 2.37 bits per heavy atom. The number of amides is 1. The highest BCUT2D eigenvalue weighted by Crippen LogP contribution is 2.26. The number of carbonyl (C=O) groups is 1. The number of rotatable bonds is 3. The molecule has 0 radical (unpaired) electrons. The van der Waals surface area contributed by atoms with Crippen molar-refractivity contribution in [3.63, 3.8) is 0 Å². The molecule has 19 heavy (non-hydrogen) atoms. The minimum absolute atomic E-state index is 0.0297. The summed E-state index contributed by atoms with van der Waals surface area (Å²) in [7, 11) is 1.54. The molecular formula is C14H20N2O3. The fourth-order valence-corrected chi connectivity index (χ4v) is 2.30. The van der Waals surface area contributed by atoms with E-state index in [9.17, 15) is 4.79 Å².